The van der Waals surface area contributed by atoms with Crippen molar-refractivity contribution in [3.8, 4) is 11.5 Å². The lowest BCUT2D eigenvalue weighted by molar-refractivity contribution is -0.0511. The van der Waals surface area contributed by atoms with E-state index < -0.39 is 11.3 Å². The predicted octanol–water partition coefficient (Wildman–Crippen LogP) is 3.11. The Labute approximate surface area is 118 Å². The zero-order chi connectivity index (χ0) is 14.8. The monoisotopic (exact) mass is 285 g/mol. The van der Waals surface area contributed by atoms with Crippen LogP contribution in [0.25, 0.3) is 0 Å². The minimum atomic E-state index is -2.57. The van der Waals surface area contributed by atoms with Crippen molar-refractivity contribution in [1.82, 2.24) is 0 Å². The maximum atomic E-state index is 13.4. The molecule has 0 atom stereocenters. The van der Waals surface area contributed by atoms with Gasteiger partial charge in [-0.1, -0.05) is 6.07 Å². The van der Waals surface area contributed by atoms with Gasteiger partial charge in [0.05, 0.1) is 14.2 Å². The highest BCUT2D eigenvalue weighted by Gasteiger charge is 2.44. The molecule has 2 N–H and O–H groups in total. The molecule has 3 nitrogen and oxygen atoms in total. The van der Waals surface area contributed by atoms with Crippen LogP contribution in [0.1, 0.15) is 31.2 Å². The summed E-state index contributed by atoms with van der Waals surface area (Å²) in [6.45, 7) is 0.339. The van der Waals surface area contributed by atoms with Crippen molar-refractivity contribution in [1.29, 1.82) is 0 Å². The average Bonchev–Trinajstić information content (AvgIpc) is 2.47. The third-order valence-electron chi connectivity index (χ3n) is 4.31. The fraction of sp³-hybridized carbons (Fsp3) is 0.600. The van der Waals surface area contributed by atoms with Crippen LogP contribution in [0.3, 0.4) is 0 Å². The summed E-state index contributed by atoms with van der Waals surface area (Å²) in [6, 6.07) is 5.48. The first-order chi connectivity index (χ1) is 9.46. The van der Waals surface area contributed by atoms with E-state index in [0.29, 0.717) is 30.9 Å². The highest BCUT2D eigenvalue weighted by atomic mass is 19.3. The highest BCUT2D eigenvalue weighted by molar-refractivity contribution is 5.45. The minimum absolute atomic E-state index is 0.126. The molecule has 1 aromatic rings. The van der Waals surface area contributed by atoms with E-state index >= 15 is 0 Å². The summed E-state index contributed by atoms with van der Waals surface area (Å²) in [7, 11) is 3.15. The molecule has 0 amide bonds. The van der Waals surface area contributed by atoms with Crippen LogP contribution in [0.2, 0.25) is 0 Å². The number of halogens is 2. The fourth-order valence-corrected chi connectivity index (χ4v) is 2.91. The van der Waals surface area contributed by atoms with E-state index in [2.05, 4.69) is 0 Å². The molecule has 1 aromatic carbocycles. The molecule has 20 heavy (non-hydrogen) atoms. The van der Waals surface area contributed by atoms with Gasteiger partial charge in [-0.15, -0.1) is 0 Å². The van der Waals surface area contributed by atoms with Crippen LogP contribution in [0.15, 0.2) is 18.2 Å². The molecule has 2 rings (SSSR count). The van der Waals surface area contributed by atoms with Crippen molar-refractivity contribution < 1.29 is 18.3 Å². The molecular weight excluding hydrogens is 264 g/mol. The Morgan fingerprint density at radius 3 is 2.25 bits per heavy atom. The van der Waals surface area contributed by atoms with Gasteiger partial charge in [0.15, 0.2) is 0 Å². The first-order valence-corrected chi connectivity index (χ1v) is 6.77. The van der Waals surface area contributed by atoms with Gasteiger partial charge in [0.1, 0.15) is 11.5 Å². The molecule has 1 aliphatic carbocycles. The molecule has 1 saturated carbocycles. The molecule has 1 aliphatic rings. The summed E-state index contributed by atoms with van der Waals surface area (Å²) in [5.74, 6) is -1.24. The molecule has 5 heteroatoms. The maximum absolute atomic E-state index is 13.4. The lowest BCUT2D eigenvalue weighted by atomic mass is 9.68. The van der Waals surface area contributed by atoms with Crippen LogP contribution >= 0.6 is 0 Å². The molecule has 1 fully saturated rings. The van der Waals surface area contributed by atoms with E-state index in [1.807, 2.05) is 12.1 Å². The molecule has 0 aromatic heterocycles. The summed E-state index contributed by atoms with van der Waals surface area (Å²) >= 11 is 0. The Hall–Kier alpha value is -1.36. The Morgan fingerprint density at radius 2 is 1.75 bits per heavy atom. The number of hydrogen-bond acceptors (Lipinski definition) is 3. The van der Waals surface area contributed by atoms with E-state index in [1.54, 1.807) is 20.3 Å². The molecule has 0 spiro atoms. The lowest BCUT2D eigenvalue weighted by Crippen LogP contribution is -2.42. The van der Waals surface area contributed by atoms with Gasteiger partial charge in [-0.2, -0.15) is 0 Å². The molecular formula is C15H21F2NO2. The number of benzene rings is 1. The van der Waals surface area contributed by atoms with E-state index in [4.69, 9.17) is 15.2 Å². The molecule has 0 bridgehead atoms. The van der Waals surface area contributed by atoms with Crippen molar-refractivity contribution in [3.63, 3.8) is 0 Å². The first-order valence-electron chi connectivity index (χ1n) is 6.77. The van der Waals surface area contributed by atoms with E-state index in [1.165, 1.54) is 0 Å². The van der Waals surface area contributed by atoms with Crippen LogP contribution in [-0.4, -0.2) is 26.7 Å². The van der Waals surface area contributed by atoms with Gasteiger partial charge in [0.2, 0.25) is 5.92 Å². The quantitative estimate of drug-likeness (QED) is 0.924. The Kier molecular flexibility index (Phi) is 4.18. The van der Waals surface area contributed by atoms with Crippen molar-refractivity contribution in [2.45, 2.75) is 37.0 Å². The minimum Gasteiger partial charge on any atom is -0.497 e. The predicted molar refractivity (Wildman–Crippen MR) is 73.7 cm³/mol. The van der Waals surface area contributed by atoms with Crippen LogP contribution < -0.4 is 15.2 Å². The molecule has 0 saturated heterocycles. The lowest BCUT2D eigenvalue weighted by Gasteiger charge is -2.40. The summed E-state index contributed by atoms with van der Waals surface area (Å²) in [5, 5.41) is 0. The largest absolute Gasteiger partial charge is 0.497 e. The number of hydrogen-bond donors (Lipinski definition) is 1. The third-order valence-corrected chi connectivity index (χ3v) is 4.31. The van der Waals surface area contributed by atoms with Crippen LogP contribution in [0, 0.1) is 0 Å². The van der Waals surface area contributed by atoms with Crippen molar-refractivity contribution in [2.75, 3.05) is 20.8 Å². The van der Waals surface area contributed by atoms with Crippen LogP contribution in [0.5, 0.6) is 11.5 Å². The molecule has 0 radical (unpaired) electrons. The van der Waals surface area contributed by atoms with E-state index in [-0.39, 0.29) is 12.8 Å². The fourth-order valence-electron chi connectivity index (χ4n) is 2.91. The van der Waals surface area contributed by atoms with Crippen LogP contribution in [-0.2, 0) is 5.41 Å². The topological polar surface area (TPSA) is 44.5 Å². The molecule has 0 aliphatic heterocycles. The SMILES string of the molecule is COc1ccc(C2(CN)CCC(F)(F)CC2)c(OC)c1. The van der Waals surface area contributed by atoms with Crippen molar-refractivity contribution >= 4 is 0 Å². The van der Waals surface area contributed by atoms with E-state index in [0.717, 1.165) is 5.56 Å². The van der Waals surface area contributed by atoms with Crippen molar-refractivity contribution in [3.05, 3.63) is 23.8 Å². The van der Waals surface area contributed by atoms with Gasteiger partial charge in [0, 0.05) is 36.4 Å². The Balaban J connectivity index is 2.37. The van der Waals surface area contributed by atoms with Gasteiger partial charge in [0.25, 0.3) is 0 Å². The number of ether oxygens (including phenoxy) is 2. The number of rotatable bonds is 4. The zero-order valence-corrected chi connectivity index (χ0v) is 11.9. The maximum Gasteiger partial charge on any atom is 0.248 e. The summed E-state index contributed by atoms with van der Waals surface area (Å²) in [4.78, 5) is 0. The smallest absolute Gasteiger partial charge is 0.248 e. The van der Waals surface area contributed by atoms with Gasteiger partial charge < -0.3 is 15.2 Å². The molecule has 0 heterocycles. The summed E-state index contributed by atoms with van der Waals surface area (Å²) in [5.41, 5.74) is 6.39. The number of nitrogens with two attached hydrogens (primary N) is 1. The van der Waals surface area contributed by atoms with Gasteiger partial charge >= 0.3 is 0 Å². The normalized spacial score (nSPS) is 20.4. The second kappa shape index (κ2) is 5.56. The summed E-state index contributed by atoms with van der Waals surface area (Å²) in [6.07, 6.45) is 0.497. The van der Waals surface area contributed by atoms with E-state index in [9.17, 15) is 8.78 Å². The molecule has 112 valence electrons. The van der Waals surface area contributed by atoms with Crippen molar-refractivity contribution in [2.24, 2.45) is 5.73 Å². The standard InChI is InChI=1S/C15H21F2NO2/c1-19-11-3-4-12(13(9-11)20-2)14(10-18)5-7-15(16,17)8-6-14/h3-4,9H,5-8,10,18H2,1-2H3. The Bertz CT molecular complexity index is 467. The molecule has 0 unspecified atom stereocenters. The second-order valence-corrected chi connectivity index (χ2v) is 5.41. The van der Waals surface area contributed by atoms with Crippen LogP contribution in [0.4, 0.5) is 8.78 Å². The number of methoxy groups -OCH3 is 2. The first kappa shape index (κ1) is 15.0. The Morgan fingerprint density at radius 1 is 1.10 bits per heavy atom. The third kappa shape index (κ3) is 2.73. The van der Waals surface area contributed by atoms with Gasteiger partial charge in [-0.25, -0.2) is 8.78 Å². The second-order valence-electron chi connectivity index (χ2n) is 5.41. The summed E-state index contributed by atoms with van der Waals surface area (Å²) < 4.78 is 37.4. The number of alkyl halides is 2. The highest BCUT2D eigenvalue weighted by Crippen LogP contribution is 2.47. The van der Waals surface area contributed by atoms with Gasteiger partial charge in [-0.05, 0) is 18.9 Å². The van der Waals surface area contributed by atoms with Gasteiger partial charge in [-0.3, -0.25) is 0 Å². The zero-order valence-electron chi connectivity index (χ0n) is 11.9. The average molecular weight is 285 g/mol.